The van der Waals surface area contributed by atoms with E-state index in [0.29, 0.717) is 0 Å². The summed E-state index contributed by atoms with van der Waals surface area (Å²) in [6.07, 6.45) is 11.3. The molecule has 1 N–H and O–H groups in total. The van der Waals surface area contributed by atoms with Gasteiger partial charge in [-0.25, -0.2) is 0 Å². The van der Waals surface area contributed by atoms with Crippen LogP contribution >= 0.6 is 0 Å². The van der Waals surface area contributed by atoms with Gasteiger partial charge in [-0.2, -0.15) is 0 Å². The molecule has 2 fully saturated rings. The summed E-state index contributed by atoms with van der Waals surface area (Å²) in [5.41, 5.74) is 0. The zero-order valence-corrected chi connectivity index (χ0v) is 14.0. The first-order chi connectivity index (χ1) is 9.70. The van der Waals surface area contributed by atoms with Crippen LogP contribution in [0.15, 0.2) is 0 Å². The van der Waals surface area contributed by atoms with Gasteiger partial charge < -0.3 is 5.32 Å². The van der Waals surface area contributed by atoms with Gasteiger partial charge in [0.15, 0.2) is 0 Å². The van der Waals surface area contributed by atoms with Crippen LogP contribution in [0.5, 0.6) is 0 Å². The van der Waals surface area contributed by atoms with Gasteiger partial charge in [0.25, 0.3) is 0 Å². The summed E-state index contributed by atoms with van der Waals surface area (Å²) in [4.78, 5) is 2.84. The van der Waals surface area contributed by atoms with Crippen LogP contribution in [0.2, 0.25) is 0 Å². The molecule has 1 aliphatic heterocycles. The van der Waals surface area contributed by atoms with Gasteiger partial charge in [-0.05, 0) is 69.9 Å². The molecule has 0 aromatic rings. The fourth-order valence-corrected chi connectivity index (χ4v) is 4.11. The summed E-state index contributed by atoms with van der Waals surface area (Å²) in [6, 6.07) is 1.65. The van der Waals surface area contributed by atoms with Crippen LogP contribution in [0, 0.1) is 11.8 Å². The maximum Gasteiger partial charge on any atom is 0.0195 e. The van der Waals surface area contributed by atoms with Crippen LogP contribution in [-0.4, -0.2) is 36.6 Å². The summed E-state index contributed by atoms with van der Waals surface area (Å²) in [5, 5.41) is 3.69. The van der Waals surface area contributed by atoms with Crippen LogP contribution in [0.4, 0.5) is 0 Å². The Hall–Kier alpha value is -0.0800. The highest BCUT2D eigenvalue weighted by Gasteiger charge is 2.28. The van der Waals surface area contributed by atoms with Crippen molar-refractivity contribution in [1.29, 1.82) is 0 Å². The fourth-order valence-electron chi connectivity index (χ4n) is 4.11. The van der Waals surface area contributed by atoms with Gasteiger partial charge in [0.1, 0.15) is 0 Å². The van der Waals surface area contributed by atoms with Gasteiger partial charge >= 0.3 is 0 Å². The molecule has 1 saturated carbocycles. The van der Waals surface area contributed by atoms with Crippen molar-refractivity contribution in [2.75, 3.05) is 19.6 Å². The molecule has 0 spiro atoms. The number of nitrogens with one attached hydrogen (secondary N) is 1. The van der Waals surface area contributed by atoms with Gasteiger partial charge in [-0.3, -0.25) is 4.90 Å². The molecule has 2 rings (SSSR count). The molecule has 0 amide bonds. The van der Waals surface area contributed by atoms with Gasteiger partial charge in [-0.15, -0.1) is 0 Å². The minimum absolute atomic E-state index is 0.773. The van der Waals surface area contributed by atoms with Gasteiger partial charge in [0.2, 0.25) is 0 Å². The van der Waals surface area contributed by atoms with E-state index in [-0.39, 0.29) is 0 Å². The molecule has 2 nitrogen and oxygen atoms in total. The molecule has 118 valence electrons. The predicted molar refractivity (Wildman–Crippen MR) is 88.1 cm³/mol. The van der Waals surface area contributed by atoms with Crippen molar-refractivity contribution in [2.45, 2.75) is 84.2 Å². The summed E-state index contributed by atoms with van der Waals surface area (Å²) in [7, 11) is 0. The van der Waals surface area contributed by atoms with Gasteiger partial charge in [0.05, 0.1) is 0 Å². The zero-order valence-electron chi connectivity index (χ0n) is 14.0. The van der Waals surface area contributed by atoms with Crippen molar-refractivity contribution < 1.29 is 0 Å². The third-order valence-corrected chi connectivity index (χ3v) is 5.62. The van der Waals surface area contributed by atoms with Crippen LogP contribution in [0.1, 0.15) is 72.1 Å². The number of unbranched alkanes of at least 4 members (excludes halogenated alkanes) is 1. The van der Waals surface area contributed by atoms with Crippen molar-refractivity contribution in [1.82, 2.24) is 10.2 Å². The molecule has 0 aromatic heterocycles. The van der Waals surface area contributed by atoms with E-state index >= 15 is 0 Å². The molecule has 1 unspecified atom stereocenters. The van der Waals surface area contributed by atoms with E-state index in [1.165, 1.54) is 71.0 Å². The van der Waals surface area contributed by atoms with E-state index in [1.807, 2.05) is 0 Å². The molecule has 2 heteroatoms. The first kappa shape index (κ1) is 16.3. The molecular weight excluding hydrogens is 244 g/mol. The Kier molecular flexibility index (Phi) is 6.83. The minimum Gasteiger partial charge on any atom is -0.313 e. The standard InChI is InChI=1S/C18H36N2/c1-4-5-13-20(14-17-7-6-12-19-17)18-10-8-16(9-11-18)15(2)3/h15-19H,4-14H2,1-3H3. The molecule has 0 radical (unpaired) electrons. The molecule has 2 aliphatic rings. The van der Waals surface area contributed by atoms with Crippen molar-refractivity contribution in [3.8, 4) is 0 Å². The molecule has 20 heavy (non-hydrogen) atoms. The average molecular weight is 281 g/mol. The smallest absolute Gasteiger partial charge is 0.0195 e. The molecule has 1 atom stereocenters. The second-order valence-electron chi connectivity index (χ2n) is 7.45. The highest BCUT2D eigenvalue weighted by molar-refractivity contribution is 4.85. The largest absolute Gasteiger partial charge is 0.313 e. The van der Waals surface area contributed by atoms with Gasteiger partial charge in [-0.1, -0.05) is 27.2 Å². The summed E-state index contributed by atoms with van der Waals surface area (Å²) in [6.45, 7) is 11.0. The van der Waals surface area contributed by atoms with Crippen molar-refractivity contribution in [3.63, 3.8) is 0 Å². The highest BCUT2D eigenvalue weighted by atomic mass is 15.2. The first-order valence-corrected chi connectivity index (χ1v) is 9.18. The topological polar surface area (TPSA) is 15.3 Å². The fraction of sp³-hybridized carbons (Fsp3) is 1.00. The Morgan fingerprint density at radius 1 is 1.10 bits per heavy atom. The average Bonchev–Trinajstić information content (AvgIpc) is 2.96. The van der Waals surface area contributed by atoms with Crippen LogP contribution in [0.25, 0.3) is 0 Å². The second kappa shape index (κ2) is 8.38. The Morgan fingerprint density at radius 2 is 1.85 bits per heavy atom. The van der Waals surface area contributed by atoms with Crippen molar-refractivity contribution in [2.24, 2.45) is 11.8 Å². The molecule has 0 bridgehead atoms. The zero-order chi connectivity index (χ0) is 14.4. The quantitative estimate of drug-likeness (QED) is 0.756. The summed E-state index contributed by atoms with van der Waals surface area (Å²) in [5.74, 6) is 1.88. The van der Waals surface area contributed by atoms with E-state index in [0.717, 1.165) is 23.9 Å². The predicted octanol–water partition coefficient (Wildman–Crippen LogP) is 4.06. The van der Waals surface area contributed by atoms with E-state index in [1.54, 1.807) is 0 Å². The maximum atomic E-state index is 3.69. The van der Waals surface area contributed by atoms with Crippen molar-refractivity contribution >= 4 is 0 Å². The molecule has 1 heterocycles. The van der Waals surface area contributed by atoms with Crippen LogP contribution < -0.4 is 5.32 Å². The van der Waals surface area contributed by atoms with E-state index in [4.69, 9.17) is 0 Å². The third kappa shape index (κ3) is 4.73. The monoisotopic (exact) mass is 280 g/mol. The summed E-state index contributed by atoms with van der Waals surface area (Å²) < 4.78 is 0. The number of hydrogen-bond acceptors (Lipinski definition) is 2. The number of nitrogens with zero attached hydrogens (tertiary/aromatic N) is 1. The minimum atomic E-state index is 0.773. The lowest BCUT2D eigenvalue weighted by atomic mass is 9.79. The molecule has 1 saturated heterocycles. The maximum absolute atomic E-state index is 3.69. The molecular formula is C18H36N2. The van der Waals surface area contributed by atoms with Crippen LogP contribution in [-0.2, 0) is 0 Å². The lowest BCUT2D eigenvalue weighted by molar-refractivity contribution is 0.113. The summed E-state index contributed by atoms with van der Waals surface area (Å²) >= 11 is 0. The van der Waals surface area contributed by atoms with Crippen LogP contribution in [0.3, 0.4) is 0 Å². The van der Waals surface area contributed by atoms with E-state index < -0.39 is 0 Å². The number of hydrogen-bond donors (Lipinski definition) is 1. The molecule has 0 aromatic carbocycles. The Bertz CT molecular complexity index is 250. The third-order valence-electron chi connectivity index (χ3n) is 5.62. The van der Waals surface area contributed by atoms with E-state index in [9.17, 15) is 0 Å². The van der Waals surface area contributed by atoms with E-state index in [2.05, 4.69) is 31.0 Å². The SMILES string of the molecule is CCCCN(CC1CCCN1)C1CCC(C(C)C)CC1. The lowest BCUT2D eigenvalue weighted by Crippen LogP contribution is -2.45. The highest BCUT2D eigenvalue weighted by Crippen LogP contribution is 2.32. The second-order valence-corrected chi connectivity index (χ2v) is 7.45. The number of rotatable bonds is 7. The lowest BCUT2D eigenvalue weighted by Gasteiger charge is -2.39. The Morgan fingerprint density at radius 3 is 2.40 bits per heavy atom. The first-order valence-electron chi connectivity index (χ1n) is 9.18. The normalized spacial score (nSPS) is 31.4. The van der Waals surface area contributed by atoms with Crippen molar-refractivity contribution in [3.05, 3.63) is 0 Å². The van der Waals surface area contributed by atoms with Gasteiger partial charge in [0, 0.05) is 18.6 Å². The Balaban J connectivity index is 1.82. The molecule has 1 aliphatic carbocycles. The Labute approximate surface area is 126 Å².